The monoisotopic (exact) mass is 183 g/mol. The van der Waals surface area contributed by atoms with Gasteiger partial charge in [-0.2, -0.15) is 0 Å². The van der Waals surface area contributed by atoms with E-state index < -0.39 is 0 Å². The predicted octanol–water partition coefficient (Wildman–Crippen LogP) is 3.26. The molecule has 11 heavy (non-hydrogen) atoms. The minimum absolute atomic E-state index is 0.707. The summed E-state index contributed by atoms with van der Waals surface area (Å²) in [6.07, 6.45) is 1.68. The standard InChI is InChI=1S/C8H6ClNS/c1-5-4-11-8-7(5)2-6(9)3-10-8/h2-4H,1H3. The smallest absolute Gasteiger partial charge is 0.123 e. The normalized spacial score (nSPS) is 10.7. The molecule has 0 radical (unpaired) electrons. The van der Waals surface area contributed by atoms with Crippen molar-refractivity contribution in [2.75, 3.05) is 0 Å². The summed E-state index contributed by atoms with van der Waals surface area (Å²) >= 11 is 7.44. The van der Waals surface area contributed by atoms with Gasteiger partial charge < -0.3 is 0 Å². The highest BCUT2D eigenvalue weighted by atomic mass is 35.5. The van der Waals surface area contributed by atoms with Crippen molar-refractivity contribution in [1.82, 2.24) is 4.98 Å². The van der Waals surface area contributed by atoms with E-state index in [0.29, 0.717) is 5.02 Å². The van der Waals surface area contributed by atoms with Crippen molar-refractivity contribution in [2.45, 2.75) is 6.92 Å². The van der Waals surface area contributed by atoms with Crippen molar-refractivity contribution >= 4 is 33.2 Å². The van der Waals surface area contributed by atoms with Gasteiger partial charge in [-0.15, -0.1) is 11.3 Å². The fraction of sp³-hybridized carbons (Fsp3) is 0.125. The zero-order chi connectivity index (χ0) is 7.84. The Morgan fingerprint density at radius 3 is 3.18 bits per heavy atom. The maximum absolute atomic E-state index is 5.79. The average molecular weight is 184 g/mol. The molecule has 0 aromatic carbocycles. The molecule has 1 nitrogen and oxygen atoms in total. The Kier molecular flexibility index (Phi) is 1.59. The van der Waals surface area contributed by atoms with E-state index in [1.807, 2.05) is 6.07 Å². The van der Waals surface area contributed by atoms with Crippen LogP contribution in [-0.4, -0.2) is 4.98 Å². The zero-order valence-electron chi connectivity index (χ0n) is 5.97. The van der Waals surface area contributed by atoms with Gasteiger partial charge in [0.2, 0.25) is 0 Å². The number of hydrogen-bond donors (Lipinski definition) is 0. The second kappa shape index (κ2) is 2.47. The third-order valence-corrected chi connectivity index (χ3v) is 2.82. The minimum Gasteiger partial charge on any atom is -0.244 e. The maximum Gasteiger partial charge on any atom is 0.123 e. The van der Waals surface area contributed by atoms with Crippen molar-refractivity contribution in [3.63, 3.8) is 0 Å². The topological polar surface area (TPSA) is 12.9 Å². The third-order valence-electron chi connectivity index (χ3n) is 1.59. The number of nitrogens with zero attached hydrogens (tertiary/aromatic N) is 1. The first-order valence-electron chi connectivity index (χ1n) is 3.27. The molecule has 3 heteroatoms. The van der Waals surface area contributed by atoms with Crippen LogP contribution in [0.5, 0.6) is 0 Å². The fourth-order valence-electron chi connectivity index (χ4n) is 1.01. The van der Waals surface area contributed by atoms with Crippen LogP contribution in [-0.2, 0) is 0 Å². The molecule has 2 aromatic heterocycles. The molecule has 2 aromatic rings. The molecule has 0 aliphatic heterocycles. The Morgan fingerprint density at radius 1 is 1.55 bits per heavy atom. The zero-order valence-corrected chi connectivity index (χ0v) is 7.54. The van der Waals surface area contributed by atoms with Gasteiger partial charge in [0.05, 0.1) is 5.02 Å². The van der Waals surface area contributed by atoms with Gasteiger partial charge in [0, 0.05) is 11.6 Å². The summed E-state index contributed by atoms with van der Waals surface area (Å²) in [6, 6.07) is 1.95. The SMILES string of the molecule is Cc1csc2ncc(Cl)cc12. The van der Waals surface area contributed by atoms with Gasteiger partial charge in [0.15, 0.2) is 0 Å². The second-order valence-electron chi connectivity index (χ2n) is 2.42. The first kappa shape index (κ1) is 7.07. The summed E-state index contributed by atoms with van der Waals surface area (Å²) in [7, 11) is 0. The van der Waals surface area contributed by atoms with E-state index in [1.165, 1.54) is 10.9 Å². The first-order valence-corrected chi connectivity index (χ1v) is 4.52. The molecular weight excluding hydrogens is 178 g/mol. The summed E-state index contributed by atoms with van der Waals surface area (Å²) < 4.78 is 0. The van der Waals surface area contributed by atoms with Gasteiger partial charge in [0.1, 0.15) is 4.83 Å². The summed E-state index contributed by atoms with van der Waals surface area (Å²) in [5.74, 6) is 0. The molecule has 0 saturated heterocycles. The van der Waals surface area contributed by atoms with E-state index in [2.05, 4.69) is 17.3 Å². The number of hydrogen-bond acceptors (Lipinski definition) is 2. The largest absolute Gasteiger partial charge is 0.244 e. The Labute approximate surface area is 73.6 Å². The highest BCUT2D eigenvalue weighted by Gasteiger charge is 2.00. The van der Waals surface area contributed by atoms with Crippen LogP contribution in [0.2, 0.25) is 5.02 Å². The van der Waals surface area contributed by atoms with Gasteiger partial charge in [-0.1, -0.05) is 11.6 Å². The molecule has 0 N–H and O–H groups in total. The van der Waals surface area contributed by atoms with Crippen LogP contribution in [0, 0.1) is 6.92 Å². The molecule has 0 atom stereocenters. The molecule has 0 aliphatic carbocycles. The number of thiophene rings is 1. The molecule has 2 rings (SSSR count). The average Bonchev–Trinajstić information content (AvgIpc) is 2.33. The number of fused-ring (bicyclic) bond motifs is 1. The third kappa shape index (κ3) is 1.12. The van der Waals surface area contributed by atoms with Gasteiger partial charge in [0.25, 0.3) is 0 Å². The molecule has 0 fully saturated rings. The van der Waals surface area contributed by atoms with Crippen LogP contribution in [0.3, 0.4) is 0 Å². The van der Waals surface area contributed by atoms with E-state index >= 15 is 0 Å². The van der Waals surface area contributed by atoms with Gasteiger partial charge >= 0.3 is 0 Å². The van der Waals surface area contributed by atoms with E-state index in [9.17, 15) is 0 Å². The van der Waals surface area contributed by atoms with Gasteiger partial charge in [-0.05, 0) is 23.9 Å². The second-order valence-corrected chi connectivity index (χ2v) is 3.72. The van der Waals surface area contributed by atoms with Crippen molar-refractivity contribution in [3.05, 3.63) is 28.2 Å². The lowest BCUT2D eigenvalue weighted by Crippen LogP contribution is -1.72. The molecule has 56 valence electrons. The summed E-state index contributed by atoms with van der Waals surface area (Å²) in [5, 5.41) is 3.97. The van der Waals surface area contributed by atoms with Gasteiger partial charge in [-0.3, -0.25) is 0 Å². The molecule has 2 heterocycles. The molecule has 0 spiro atoms. The maximum atomic E-state index is 5.79. The lowest BCUT2D eigenvalue weighted by molar-refractivity contribution is 1.44. The lowest BCUT2D eigenvalue weighted by Gasteiger charge is -1.90. The van der Waals surface area contributed by atoms with Gasteiger partial charge in [-0.25, -0.2) is 4.98 Å². The van der Waals surface area contributed by atoms with E-state index in [0.717, 1.165) is 4.83 Å². The van der Waals surface area contributed by atoms with E-state index in [4.69, 9.17) is 11.6 Å². The molecular formula is C8H6ClNS. The Hall–Kier alpha value is -0.600. The summed E-state index contributed by atoms with van der Waals surface area (Å²) in [4.78, 5) is 5.25. The van der Waals surface area contributed by atoms with Crippen molar-refractivity contribution in [2.24, 2.45) is 0 Å². The lowest BCUT2D eigenvalue weighted by atomic mass is 10.2. The first-order chi connectivity index (χ1) is 5.27. The van der Waals surface area contributed by atoms with Crippen LogP contribution >= 0.6 is 22.9 Å². The van der Waals surface area contributed by atoms with E-state index in [-0.39, 0.29) is 0 Å². The molecule has 0 saturated carbocycles. The molecule has 0 bridgehead atoms. The van der Waals surface area contributed by atoms with Crippen LogP contribution in [0.25, 0.3) is 10.2 Å². The molecule has 0 unspecified atom stereocenters. The number of halogens is 1. The van der Waals surface area contributed by atoms with Crippen LogP contribution in [0.4, 0.5) is 0 Å². The number of rotatable bonds is 0. The molecule has 0 aliphatic rings. The highest BCUT2D eigenvalue weighted by molar-refractivity contribution is 7.16. The van der Waals surface area contributed by atoms with Crippen molar-refractivity contribution in [1.29, 1.82) is 0 Å². The minimum atomic E-state index is 0.707. The summed E-state index contributed by atoms with van der Waals surface area (Å²) in [5.41, 5.74) is 1.25. The Bertz CT molecular complexity index is 394. The predicted molar refractivity (Wildman–Crippen MR) is 49.4 cm³/mol. The fourth-order valence-corrected chi connectivity index (χ4v) is 2.04. The van der Waals surface area contributed by atoms with Crippen molar-refractivity contribution < 1.29 is 0 Å². The highest BCUT2D eigenvalue weighted by Crippen LogP contribution is 2.25. The summed E-state index contributed by atoms with van der Waals surface area (Å²) in [6.45, 7) is 2.07. The van der Waals surface area contributed by atoms with Crippen molar-refractivity contribution in [3.8, 4) is 0 Å². The Balaban J connectivity index is 2.87. The number of aromatic nitrogens is 1. The quantitative estimate of drug-likeness (QED) is 0.611. The van der Waals surface area contributed by atoms with Crippen LogP contribution < -0.4 is 0 Å². The Morgan fingerprint density at radius 2 is 2.36 bits per heavy atom. The molecule has 0 amide bonds. The van der Waals surface area contributed by atoms with E-state index in [1.54, 1.807) is 17.5 Å². The number of pyridine rings is 1. The van der Waals surface area contributed by atoms with Crippen LogP contribution in [0.1, 0.15) is 5.56 Å². The number of aryl methyl sites for hydroxylation is 1. The van der Waals surface area contributed by atoms with Crippen LogP contribution in [0.15, 0.2) is 17.6 Å².